The van der Waals surface area contributed by atoms with E-state index in [0.29, 0.717) is 18.8 Å². The molecule has 0 aliphatic heterocycles. The first-order valence-electron chi connectivity index (χ1n) is 8.99. The minimum Gasteiger partial charge on any atom is -0.368 e. The molecule has 0 bridgehead atoms. The van der Waals surface area contributed by atoms with Gasteiger partial charge in [0.1, 0.15) is 6.61 Å². The molecule has 6 nitrogen and oxygen atoms in total. The molecule has 1 fully saturated rings. The lowest BCUT2D eigenvalue weighted by molar-refractivity contribution is -0.123. The molecule has 0 aromatic heterocycles. The fourth-order valence-electron chi connectivity index (χ4n) is 3.05. The maximum atomic E-state index is 12.4. The SMILES string of the molecule is CCN(CC)S(=O)(=O)c1ccc(NC(=O)COC2CCCCC2)cc1. The summed E-state index contributed by atoms with van der Waals surface area (Å²) >= 11 is 0. The number of sulfonamides is 1. The summed E-state index contributed by atoms with van der Waals surface area (Å²) in [6.45, 7) is 4.50. The third kappa shape index (κ3) is 5.52. The van der Waals surface area contributed by atoms with E-state index in [1.807, 2.05) is 13.8 Å². The minimum absolute atomic E-state index is 0.0319. The second-order valence-electron chi connectivity index (χ2n) is 6.23. The predicted octanol–water partition coefficient (Wildman–Crippen LogP) is 3.00. The molecule has 0 atom stereocenters. The molecule has 0 heterocycles. The van der Waals surface area contributed by atoms with Crippen LogP contribution < -0.4 is 5.32 Å². The van der Waals surface area contributed by atoms with Gasteiger partial charge in [-0.3, -0.25) is 4.79 Å². The molecule has 1 N–H and O–H groups in total. The zero-order valence-corrected chi connectivity index (χ0v) is 15.8. The Morgan fingerprint density at radius 3 is 2.28 bits per heavy atom. The van der Waals surface area contributed by atoms with E-state index in [9.17, 15) is 13.2 Å². The summed E-state index contributed by atoms with van der Waals surface area (Å²) in [5.41, 5.74) is 0.566. The Balaban J connectivity index is 1.90. The second-order valence-corrected chi connectivity index (χ2v) is 8.17. The van der Waals surface area contributed by atoms with Crippen LogP contribution in [0.3, 0.4) is 0 Å². The molecule has 1 saturated carbocycles. The lowest BCUT2D eigenvalue weighted by atomic mass is 9.98. The van der Waals surface area contributed by atoms with E-state index in [1.54, 1.807) is 12.1 Å². The van der Waals surface area contributed by atoms with Crippen molar-refractivity contribution in [3.8, 4) is 0 Å². The van der Waals surface area contributed by atoms with Crippen molar-refractivity contribution in [1.82, 2.24) is 4.31 Å². The molecule has 140 valence electrons. The van der Waals surface area contributed by atoms with Gasteiger partial charge in [0.05, 0.1) is 11.0 Å². The summed E-state index contributed by atoms with van der Waals surface area (Å²) < 4.78 is 31.9. The van der Waals surface area contributed by atoms with Gasteiger partial charge in [-0.05, 0) is 37.1 Å². The molecule has 0 unspecified atom stereocenters. The molecule has 1 aliphatic carbocycles. The molecule has 1 aromatic carbocycles. The highest BCUT2D eigenvalue weighted by molar-refractivity contribution is 7.89. The smallest absolute Gasteiger partial charge is 0.250 e. The van der Waals surface area contributed by atoms with Gasteiger partial charge in [-0.2, -0.15) is 4.31 Å². The van der Waals surface area contributed by atoms with Crippen LogP contribution >= 0.6 is 0 Å². The van der Waals surface area contributed by atoms with Crippen LogP contribution in [-0.4, -0.2) is 44.4 Å². The largest absolute Gasteiger partial charge is 0.368 e. The number of rotatable bonds is 8. The van der Waals surface area contributed by atoms with Crippen molar-refractivity contribution in [2.24, 2.45) is 0 Å². The average Bonchev–Trinajstić information content (AvgIpc) is 2.62. The van der Waals surface area contributed by atoms with E-state index in [0.717, 1.165) is 25.7 Å². The number of hydrogen-bond donors (Lipinski definition) is 1. The third-order valence-corrected chi connectivity index (χ3v) is 6.55. The van der Waals surface area contributed by atoms with E-state index in [4.69, 9.17) is 4.74 Å². The van der Waals surface area contributed by atoms with Crippen LogP contribution in [0.5, 0.6) is 0 Å². The number of nitrogens with zero attached hydrogens (tertiary/aromatic N) is 1. The van der Waals surface area contributed by atoms with Crippen molar-refractivity contribution < 1.29 is 17.9 Å². The second kappa shape index (κ2) is 9.31. The minimum atomic E-state index is -3.48. The third-order valence-electron chi connectivity index (χ3n) is 4.48. The molecule has 25 heavy (non-hydrogen) atoms. The van der Waals surface area contributed by atoms with Gasteiger partial charge in [0.15, 0.2) is 0 Å². The van der Waals surface area contributed by atoms with Gasteiger partial charge in [0, 0.05) is 18.8 Å². The van der Waals surface area contributed by atoms with E-state index in [2.05, 4.69) is 5.32 Å². The van der Waals surface area contributed by atoms with Crippen LogP contribution in [0.1, 0.15) is 46.0 Å². The number of nitrogens with one attached hydrogen (secondary N) is 1. The number of ether oxygens (including phenoxy) is 1. The number of amides is 1. The van der Waals surface area contributed by atoms with Crippen molar-refractivity contribution in [2.45, 2.75) is 57.0 Å². The Morgan fingerprint density at radius 2 is 1.72 bits per heavy atom. The molecular formula is C18H28N2O4S. The molecule has 1 amide bonds. The Hall–Kier alpha value is -1.44. The Morgan fingerprint density at radius 1 is 1.12 bits per heavy atom. The molecule has 1 aliphatic rings. The van der Waals surface area contributed by atoms with Gasteiger partial charge >= 0.3 is 0 Å². The maximum absolute atomic E-state index is 12.4. The van der Waals surface area contributed by atoms with E-state index in [-0.39, 0.29) is 23.5 Å². The number of hydrogen-bond acceptors (Lipinski definition) is 4. The molecular weight excluding hydrogens is 340 g/mol. The summed E-state index contributed by atoms with van der Waals surface area (Å²) in [6.07, 6.45) is 5.79. The van der Waals surface area contributed by atoms with Crippen LogP contribution in [0.15, 0.2) is 29.2 Å². The molecule has 0 saturated heterocycles. The van der Waals surface area contributed by atoms with Gasteiger partial charge in [0.25, 0.3) is 0 Å². The van der Waals surface area contributed by atoms with Crippen molar-refractivity contribution in [2.75, 3.05) is 25.0 Å². The quantitative estimate of drug-likeness (QED) is 0.765. The zero-order chi connectivity index (χ0) is 18.3. The van der Waals surface area contributed by atoms with Gasteiger partial charge in [0.2, 0.25) is 15.9 Å². The molecule has 0 radical (unpaired) electrons. The first kappa shape index (κ1) is 19.9. The standard InChI is InChI=1S/C18H28N2O4S/c1-3-20(4-2)25(22,23)17-12-10-15(11-13-17)19-18(21)14-24-16-8-6-5-7-9-16/h10-13,16H,3-9,14H2,1-2H3,(H,19,21). The maximum Gasteiger partial charge on any atom is 0.250 e. The monoisotopic (exact) mass is 368 g/mol. The van der Waals surface area contributed by atoms with E-state index < -0.39 is 10.0 Å². The van der Waals surface area contributed by atoms with Crippen molar-refractivity contribution >= 4 is 21.6 Å². The average molecular weight is 368 g/mol. The Labute approximate surface area is 150 Å². The fraction of sp³-hybridized carbons (Fsp3) is 0.611. The highest BCUT2D eigenvalue weighted by Crippen LogP contribution is 2.21. The fourth-order valence-corrected chi connectivity index (χ4v) is 4.50. The van der Waals surface area contributed by atoms with Crippen LogP contribution in [0, 0.1) is 0 Å². The number of carbonyl (C=O) groups excluding carboxylic acids is 1. The van der Waals surface area contributed by atoms with Crippen LogP contribution in [0.4, 0.5) is 5.69 Å². The molecule has 0 spiro atoms. The Bertz CT molecular complexity index is 648. The number of carbonyl (C=O) groups is 1. The van der Waals surface area contributed by atoms with Crippen LogP contribution in [0.25, 0.3) is 0 Å². The molecule has 7 heteroatoms. The lowest BCUT2D eigenvalue weighted by Gasteiger charge is -2.21. The molecule has 1 aromatic rings. The Kier molecular flexibility index (Phi) is 7.40. The summed E-state index contributed by atoms with van der Waals surface area (Å²) in [7, 11) is -3.48. The van der Waals surface area contributed by atoms with Crippen LogP contribution in [-0.2, 0) is 19.6 Å². The topological polar surface area (TPSA) is 75.7 Å². The summed E-state index contributed by atoms with van der Waals surface area (Å²) in [5, 5.41) is 2.74. The highest BCUT2D eigenvalue weighted by atomic mass is 32.2. The first-order valence-corrected chi connectivity index (χ1v) is 10.4. The number of benzene rings is 1. The van der Waals surface area contributed by atoms with Crippen molar-refractivity contribution in [1.29, 1.82) is 0 Å². The van der Waals surface area contributed by atoms with E-state index in [1.165, 1.54) is 22.9 Å². The zero-order valence-electron chi connectivity index (χ0n) is 15.0. The lowest BCUT2D eigenvalue weighted by Crippen LogP contribution is -2.30. The highest BCUT2D eigenvalue weighted by Gasteiger charge is 2.21. The van der Waals surface area contributed by atoms with Crippen LogP contribution in [0.2, 0.25) is 0 Å². The predicted molar refractivity (Wildman–Crippen MR) is 98.0 cm³/mol. The van der Waals surface area contributed by atoms with Gasteiger partial charge in [-0.1, -0.05) is 33.1 Å². The number of anilines is 1. The molecule has 2 rings (SSSR count). The van der Waals surface area contributed by atoms with Gasteiger partial charge < -0.3 is 10.1 Å². The normalized spacial score (nSPS) is 16.1. The summed E-state index contributed by atoms with van der Waals surface area (Å²) in [6, 6.07) is 6.25. The van der Waals surface area contributed by atoms with Crippen molar-refractivity contribution in [3.05, 3.63) is 24.3 Å². The summed E-state index contributed by atoms with van der Waals surface area (Å²) in [5.74, 6) is -0.218. The van der Waals surface area contributed by atoms with Crippen molar-refractivity contribution in [3.63, 3.8) is 0 Å². The van der Waals surface area contributed by atoms with Gasteiger partial charge in [-0.15, -0.1) is 0 Å². The summed E-state index contributed by atoms with van der Waals surface area (Å²) in [4.78, 5) is 12.2. The first-order chi connectivity index (χ1) is 12.0. The van der Waals surface area contributed by atoms with E-state index >= 15 is 0 Å². The van der Waals surface area contributed by atoms with Gasteiger partial charge in [-0.25, -0.2) is 8.42 Å².